The number of aryl methyl sites for hydroxylation is 1. The highest BCUT2D eigenvalue weighted by Crippen LogP contribution is 2.27. The van der Waals surface area contributed by atoms with Crippen LogP contribution in [0.15, 0.2) is 24.7 Å². The van der Waals surface area contributed by atoms with Gasteiger partial charge < -0.3 is 9.55 Å². The molecule has 0 unspecified atom stereocenters. The number of aromatic nitrogens is 4. The molecule has 108 valence electrons. The lowest BCUT2D eigenvalue weighted by molar-refractivity contribution is 0.198. The zero-order chi connectivity index (χ0) is 13.8. The van der Waals surface area contributed by atoms with E-state index in [0.717, 1.165) is 32.6 Å². The molecule has 20 heavy (non-hydrogen) atoms. The fraction of sp³-hybridized carbons (Fsp3) is 0.600. The van der Waals surface area contributed by atoms with Gasteiger partial charge in [0, 0.05) is 30.9 Å². The largest absolute Gasteiger partial charge is 0.364 e. The smallest absolute Gasteiger partial charge is 0.136 e. The lowest BCUT2D eigenvalue weighted by atomic mass is 9.95. The van der Waals surface area contributed by atoms with Crippen molar-refractivity contribution in [3.8, 4) is 0 Å². The van der Waals surface area contributed by atoms with E-state index in [-0.39, 0.29) is 0 Å². The van der Waals surface area contributed by atoms with Crippen LogP contribution in [0.2, 0.25) is 0 Å². The molecule has 1 fully saturated rings. The lowest BCUT2D eigenvalue weighted by Crippen LogP contribution is -2.33. The van der Waals surface area contributed by atoms with Crippen LogP contribution in [0, 0.1) is 0 Å². The van der Waals surface area contributed by atoms with Gasteiger partial charge in [-0.2, -0.15) is 0 Å². The molecule has 3 rings (SSSR count). The van der Waals surface area contributed by atoms with Crippen molar-refractivity contribution >= 4 is 0 Å². The molecule has 0 amide bonds. The molecule has 0 bridgehead atoms. The third kappa shape index (κ3) is 2.93. The Morgan fingerprint density at radius 1 is 1.35 bits per heavy atom. The van der Waals surface area contributed by atoms with E-state index in [2.05, 4.69) is 43.7 Å². The average Bonchev–Trinajstić information content (AvgIpc) is 3.12. The molecule has 3 heterocycles. The highest BCUT2D eigenvalue weighted by atomic mass is 15.3. The third-order valence-corrected chi connectivity index (χ3v) is 4.12. The molecule has 0 radical (unpaired) electrons. The van der Waals surface area contributed by atoms with Gasteiger partial charge in [0.25, 0.3) is 0 Å². The van der Waals surface area contributed by atoms with Crippen molar-refractivity contribution in [2.24, 2.45) is 0 Å². The Kier molecular flexibility index (Phi) is 4.16. The Balaban J connectivity index is 1.56. The van der Waals surface area contributed by atoms with Crippen LogP contribution in [0.3, 0.4) is 0 Å². The van der Waals surface area contributed by atoms with E-state index >= 15 is 0 Å². The van der Waals surface area contributed by atoms with Crippen LogP contribution in [0.5, 0.6) is 0 Å². The number of rotatable bonds is 5. The number of likely N-dealkylation sites (tertiary alicyclic amines) is 1. The first-order chi connectivity index (χ1) is 9.86. The first kappa shape index (κ1) is 13.4. The summed E-state index contributed by atoms with van der Waals surface area (Å²) >= 11 is 0. The second-order valence-electron chi connectivity index (χ2n) is 5.63. The van der Waals surface area contributed by atoms with Crippen LogP contribution in [0.4, 0.5) is 0 Å². The molecule has 5 heteroatoms. The van der Waals surface area contributed by atoms with Crippen LogP contribution in [-0.2, 0) is 13.1 Å². The van der Waals surface area contributed by atoms with Gasteiger partial charge in [-0.1, -0.05) is 6.92 Å². The van der Waals surface area contributed by atoms with Crippen LogP contribution in [0.25, 0.3) is 0 Å². The molecule has 0 spiro atoms. The van der Waals surface area contributed by atoms with Gasteiger partial charge >= 0.3 is 0 Å². The number of piperidine rings is 1. The third-order valence-electron chi connectivity index (χ3n) is 4.12. The quantitative estimate of drug-likeness (QED) is 0.910. The van der Waals surface area contributed by atoms with E-state index < -0.39 is 0 Å². The monoisotopic (exact) mass is 273 g/mol. The molecular weight excluding hydrogens is 250 g/mol. The minimum atomic E-state index is 0.573. The van der Waals surface area contributed by atoms with Crippen molar-refractivity contribution in [1.82, 2.24) is 24.6 Å². The summed E-state index contributed by atoms with van der Waals surface area (Å²) in [6, 6.07) is 4.22. The predicted octanol–water partition coefficient (Wildman–Crippen LogP) is 2.40. The zero-order valence-electron chi connectivity index (χ0n) is 12.1. The highest BCUT2D eigenvalue weighted by Gasteiger charge is 2.24. The molecule has 1 saturated heterocycles. The van der Waals surface area contributed by atoms with Gasteiger partial charge in [0.15, 0.2) is 0 Å². The Morgan fingerprint density at radius 3 is 2.90 bits per heavy atom. The topological polar surface area (TPSA) is 49.7 Å². The Labute approximate surface area is 120 Å². The normalized spacial score (nSPS) is 17.6. The number of hydrogen-bond donors (Lipinski definition) is 1. The molecule has 0 saturated carbocycles. The van der Waals surface area contributed by atoms with Crippen LogP contribution in [0.1, 0.15) is 43.6 Å². The number of nitrogens with one attached hydrogen (secondary N) is 1. The molecule has 0 aliphatic carbocycles. The number of H-pyrrole nitrogens is 1. The molecule has 1 N–H and O–H groups in total. The fourth-order valence-electron chi connectivity index (χ4n) is 3.05. The van der Waals surface area contributed by atoms with E-state index in [1.54, 1.807) is 0 Å². The maximum atomic E-state index is 4.35. The van der Waals surface area contributed by atoms with Crippen molar-refractivity contribution in [2.75, 3.05) is 13.1 Å². The van der Waals surface area contributed by atoms with Gasteiger partial charge in [0.2, 0.25) is 0 Å². The summed E-state index contributed by atoms with van der Waals surface area (Å²) in [4.78, 5) is 5.80. The van der Waals surface area contributed by atoms with Gasteiger partial charge in [-0.15, -0.1) is 10.2 Å². The maximum absolute atomic E-state index is 4.35. The first-order valence-electron chi connectivity index (χ1n) is 7.59. The van der Waals surface area contributed by atoms with Gasteiger partial charge in [-0.05, 0) is 44.5 Å². The maximum Gasteiger partial charge on any atom is 0.136 e. The van der Waals surface area contributed by atoms with Crippen LogP contribution < -0.4 is 0 Å². The van der Waals surface area contributed by atoms with Crippen molar-refractivity contribution in [3.63, 3.8) is 0 Å². The van der Waals surface area contributed by atoms with E-state index in [4.69, 9.17) is 0 Å². The van der Waals surface area contributed by atoms with Gasteiger partial charge in [0.05, 0.1) is 0 Å². The molecule has 1 aliphatic rings. The van der Waals surface area contributed by atoms with Gasteiger partial charge in [-0.3, -0.25) is 4.90 Å². The molecular formula is C15H23N5. The van der Waals surface area contributed by atoms with Crippen molar-refractivity contribution < 1.29 is 0 Å². The summed E-state index contributed by atoms with van der Waals surface area (Å²) in [5, 5.41) is 8.44. The predicted molar refractivity (Wildman–Crippen MR) is 78.4 cm³/mol. The standard InChI is InChI=1S/C15H23N5/c1-2-8-20-12-17-18-15(20)13-5-9-19(10-6-13)11-14-4-3-7-16-14/h3-4,7,12-13,16H,2,5-6,8-11H2,1H3. The fourth-order valence-corrected chi connectivity index (χ4v) is 3.05. The van der Waals surface area contributed by atoms with E-state index in [9.17, 15) is 0 Å². The molecule has 2 aromatic heterocycles. The summed E-state index contributed by atoms with van der Waals surface area (Å²) in [6.45, 7) is 6.54. The summed E-state index contributed by atoms with van der Waals surface area (Å²) in [5.41, 5.74) is 1.30. The molecule has 1 aliphatic heterocycles. The van der Waals surface area contributed by atoms with E-state index in [0.29, 0.717) is 5.92 Å². The summed E-state index contributed by atoms with van der Waals surface area (Å²) in [5.74, 6) is 1.76. The highest BCUT2D eigenvalue weighted by molar-refractivity contribution is 5.04. The van der Waals surface area contributed by atoms with Gasteiger partial charge in [-0.25, -0.2) is 0 Å². The van der Waals surface area contributed by atoms with Crippen molar-refractivity contribution in [1.29, 1.82) is 0 Å². The second-order valence-corrected chi connectivity index (χ2v) is 5.63. The van der Waals surface area contributed by atoms with Crippen LogP contribution in [-0.4, -0.2) is 37.7 Å². The SMILES string of the molecule is CCCn1cnnc1C1CCN(Cc2ccc[nH]2)CC1. The summed E-state index contributed by atoms with van der Waals surface area (Å²) in [6.07, 6.45) is 7.38. The average molecular weight is 273 g/mol. The molecule has 0 aromatic carbocycles. The number of nitrogens with zero attached hydrogens (tertiary/aromatic N) is 4. The van der Waals surface area contributed by atoms with E-state index in [1.807, 2.05) is 12.5 Å². The Bertz CT molecular complexity index is 508. The minimum absolute atomic E-state index is 0.573. The van der Waals surface area contributed by atoms with Gasteiger partial charge in [0.1, 0.15) is 12.2 Å². The number of aromatic amines is 1. The summed E-state index contributed by atoms with van der Waals surface area (Å²) in [7, 11) is 0. The number of hydrogen-bond acceptors (Lipinski definition) is 3. The lowest BCUT2D eigenvalue weighted by Gasteiger charge is -2.31. The zero-order valence-corrected chi connectivity index (χ0v) is 12.1. The van der Waals surface area contributed by atoms with Crippen molar-refractivity contribution in [3.05, 3.63) is 36.2 Å². The molecule has 2 aromatic rings. The Morgan fingerprint density at radius 2 is 2.20 bits per heavy atom. The van der Waals surface area contributed by atoms with Crippen LogP contribution >= 0.6 is 0 Å². The molecule has 0 atom stereocenters. The first-order valence-corrected chi connectivity index (χ1v) is 7.59. The Hall–Kier alpha value is -1.62. The minimum Gasteiger partial charge on any atom is -0.364 e. The molecule has 5 nitrogen and oxygen atoms in total. The summed E-state index contributed by atoms with van der Waals surface area (Å²) < 4.78 is 2.23. The van der Waals surface area contributed by atoms with E-state index in [1.165, 1.54) is 24.4 Å². The second kappa shape index (κ2) is 6.22. The van der Waals surface area contributed by atoms with Crippen molar-refractivity contribution in [2.45, 2.75) is 45.2 Å².